The van der Waals surface area contributed by atoms with Gasteiger partial charge in [0.2, 0.25) is 5.91 Å². The molecule has 2 N–H and O–H groups in total. The van der Waals surface area contributed by atoms with Crippen LogP contribution in [0, 0.1) is 0 Å². The number of rotatable bonds is 7. The van der Waals surface area contributed by atoms with Crippen molar-refractivity contribution in [2.45, 2.75) is 32.4 Å². The lowest BCUT2D eigenvalue weighted by atomic mass is 10.0. The molecular weight excluding hydrogens is 316 g/mol. The van der Waals surface area contributed by atoms with Crippen LogP contribution in [0.15, 0.2) is 41.8 Å². The zero-order valence-corrected chi connectivity index (χ0v) is 14.4. The summed E-state index contributed by atoms with van der Waals surface area (Å²) in [5, 5.41) is 9.06. The molecule has 0 saturated heterocycles. The lowest BCUT2D eigenvalue weighted by Crippen LogP contribution is -2.36. The van der Waals surface area contributed by atoms with E-state index in [1.807, 2.05) is 35.7 Å². The number of carbonyl (C=O) groups excluding carboxylic acids is 1. The highest BCUT2D eigenvalue weighted by molar-refractivity contribution is 7.10. The maximum Gasteiger partial charge on any atom is 0.234 e. The number of benzene rings is 1. The Morgan fingerprint density at radius 3 is 2.59 bits per heavy atom. The van der Waals surface area contributed by atoms with Crippen LogP contribution in [0.4, 0.5) is 0 Å². The van der Waals surface area contributed by atoms with E-state index in [9.17, 15) is 4.79 Å². The molecule has 0 aliphatic rings. The molecule has 0 fully saturated rings. The minimum absolute atomic E-state index is 0.00482. The molecule has 2 atom stereocenters. The summed E-state index contributed by atoms with van der Waals surface area (Å²) in [5.74, 6) is 0.00482. The summed E-state index contributed by atoms with van der Waals surface area (Å²) in [6, 6.07) is 11.9. The Kier molecular flexibility index (Phi) is 6.43. The van der Waals surface area contributed by atoms with Gasteiger partial charge in [-0.3, -0.25) is 4.79 Å². The molecule has 118 valence electrons. The van der Waals surface area contributed by atoms with E-state index in [0.717, 1.165) is 12.0 Å². The van der Waals surface area contributed by atoms with E-state index >= 15 is 0 Å². The summed E-state index contributed by atoms with van der Waals surface area (Å²) >= 11 is 7.59. The molecule has 0 radical (unpaired) electrons. The molecule has 0 aliphatic heterocycles. The Bertz CT molecular complexity index is 583. The predicted molar refractivity (Wildman–Crippen MR) is 93.4 cm³/mol. The van der Waals surface area contributed by atoms with Crippen LogP contribution in [0.3, 0.4) is 0 Å². The Morgan fingerprint density at radius 2 is 2.00 bits per heavy atom. The molecular formula is C17H21ClN2OS. The molecule has 5 heteroatoms. The Labute approximate surface area is 140 Å². The van der Waals surface area contributed by atoms with Gasteiger partial charge in [-0.1, -0.05) is 36.7 Å². The van der Waals surface area contributed by atoms with Crippen LogP contribution in [-0.4, -0.2) is 12.5 Å². The van der Waals surface area contributed by atoms with Gasteiger partial charge in [-0.2, -0.15) is 0 Å². The van der Waals surface area contributed by atoms with Crippen molar-refractivity contribution >= 4 is 28.8 Å². The Balaban J connectivity index is 1.85. The fraction of sp³-hybridized carbons (Fsp3) is 0.353. The van der Waals surface area contributed by atoms with Crippen LogP contribution in [0.1, 0.15) is 42.8 Å². The van der Waals surface area contributed by atoms with E-state index in [1.165, 1.54) is 4.88 Å². The first-order chi connectivity index (χ1) is 10.6. The van der Waals surface area contributed by atoms with Gasteiger partial charge in [-0.25, -0.2) is 0 Å². The summed E-state index contributed by atoms with van der Waals surface area (Å²) < 4.78 is 0. The van der Waals surface area contributed by atoms with E-state index in [4.69, 9.17) is 11.6 Å². The van der Waals surface area contributed by atoms with Crippen molar-refractivity contribution in [1.82, 2.24) is 10.6 Å². The first kappa shape index (κ1) is 17.0. The summed E-state index contributed by atoms with van der Waals surface area (Å²) in [5.41, 5.74) is 1.08. The van der Waals surface area contributed by atoms with Crippen molar-refractivity contribution in [3.05, 3.63) is 57.2 Å². The first-order valence-electron chi connectivity index (χ1n) is 7.41. The van der Waals surface area contributed by atoms with E-state index in [-0.39, 0.29) is 18.0 Å². The van der Waals surface area contributed by atoms with Gasteiger partial charge in [0.05, 0.1) is 12.6 Å². The Morgan fingerprint density at radius 1 is 1.27 bits per heavy atom. The second-order valence-corrected chi connectivity index (χ2v) is 6.61. The molecule has 1 amide bonds. The average molecular weight is 337 g/mol. The fourth-order valence-electron chi connectivity index (χ4n) is 2.25. The van der Waals surface area contributed by atoms with Crippen molar-refractivity contribution in [2.24, 2.45) is 0 Å². The average Bonchev–Trinajstić information content (AvgIpc) is 3.05. The molecule has 0 saturated carbocycles. The van der Waals surface area contributed by atoms with Crippen LogP contribution in [0.2, 0.25) is 5.02 Å². The van der Waals surface area contributed by atoms with Crippen molar-refractivity contribution in [1.29, 1.82) is 0 Å². The Hall–Kier alpha value is -1.36. The molecule has 2 rings (SSSR count). The molecule has 0 aliphatic carbocycles. The van der Waals surface area contributed by atoms with Gasteiger partial charge in [-0.05, 0) is 42.5 Å². The lowest BCUT2D eigenvalue weighted by Gasteiger charge is -2.19. The van der Waals surface area contributed by atoms with Crippen LogP contribution in [-0.2, 0) is 4.79 Å². The summed E-state index contributed by atoms with van der Waals surface area (Å²) in [4.78, 5) is 13.4. The molecule has 22 heavy (non-hydrogen) atoms. The second kappa shape index (κ2) is 8.32. The van der Waals surface area contributed by atoms with E-state index in [1.54, 1.807) is 11.3 Å². The highest BCUT2D eigenvalue weighted by Crippen LogP contribution is 2.20. The molecule has 1 heterocycles. The summed E-state index contributed by atoms with van der Waals surface area (Å²) in [6.45, 7) is 4.43. The fourth-order valence-corrected chi connectivity index (χ4v) is 3.13. The SMILES string of the molecule is CCC(NC(=O)CNC(C)c1cccs1)c1ccc(Cl)cc1. The number of amides is 1. The quantitative estimate of drug-likeness (QED) is 0.790. The highest BCUT2D eigenvalue weighted by atomic mass is 35.5. The van der Waals surface area contributed by atoms with Crippen molar-refractivity contribution in [2.75, 3.05) is 6.54 Å². The van der Waals surface area contributed by atoms with Gasteiger partial charge in [0.25, 0.3) is 0 Å². The van der Waals surface area contributed by atoms with E-state index in [0.29, 0.717) is 11.6 Å². The predicted octanol–water partition coefficient (Wildman–Crippen LogP) is 4.32. The molecule has 1 aromatic heterocycles. The van der Waals surface area contributed by atoms with Gasteiger partial charge < -0.3 is 10.6 Å². The third kappa shape index (κ3) is 4.83. The molecule has 0 spiro atoms. The maximum atomic E-state index is 12.1. The molecule has 3 nitrogen and oxygen atoms in total. The number of carbonyl (C=O) groups is 1. The number of hydrogen-bond acceptors (Lipinski definition) is 3. The van der Waals surface area contributed by atoms with Crippen LogP contribution in [0.25, 0.3) is 0 Å². The first-order valence-corrected chi connectivity index (χ1v) is 8.67. The van der Waals surface area contributed by atoms with Crippen molar-refractivity contribution < 1.29 is 4.79 Å². The number of halogens is 1. The van der Waals surface area contributed by atoms with Gasteiger partial charge >= 0.3 is 0 Å². The summed E-state index contributed by atoms with van der Waals surface area (Å²) in [7, 11) is 0. The zero-order chi connectivity index (χ0) is 15.9. The van der Waals surface area contributed by atoms with Crippen LogP contribution in [0.5, 0.6) is 0 Å². The minimum atomic E-state index is 0.00482. The largest absolute Gasteiger partial charge is 0.348 e. The smallest absolute Gasteiger partial charge is 0.234 e. The van der Waals surface area contributed by atoms with Crippen molar-refractivity contribution in [3.63, 3.8) is 0 Å². The van der Waals surface area contributed by atoms with E-state index in [2.05, 4.69) is 30.5 Å². The third-order valence-electron chi connectivity index (χ3n) is 3.55. The van der Waals surface area contributed by atoms with Crippen LogP contribution < -0.4 is 10.6 Å². The second-order valence-electron chi connectivity index (χ2n) is 5.20. The van der Waals surface area contributed by atoms with Gasteiger partial charge in [-0.15, -0.1) is 11.3 Å². The van der Waals surface area contributed by atoms with Gasteiger partial charge in [0, 0.05) is 15.9 Å². The third-order valence-corrected chi connectivity index (χ3v) is 4.86. The molecule has 2 unspecified atom stereocenters. The zero-order valence-electron chi connectivity index (χ0n) is 12.8. The van der Waals surface area contributed by atoms with Gasteiger partial charge in [0.1, 0.15) is 0 Å². The van der Waals surface area contributed by atoms with Gasteiger partial charge in [0.15, 0.2) is 0 Å². The standard InChI is InChI=1S/C17H21ClN2OS/c1-3-15(13-6-8-14(18)9-7-13)20-17(21)11-19-12(2)16-5-4-10-22-16/h4-10,12,15,19H,3,11H2,1-2H3,(H,20,21). The minimum Gasteiger partial charge on any atom is -0.348 e. The lowest BCUT2D eigenvalue weighted by molar-refractivity contribution is -0.121. The summed E-state index contributed by atoms with van der Waals surface area (Å²) in [6.07, 6.45) is 0.841. The molecule has 2 aromatic rings. The normalized spacial score (nSPS) is 13.6. The maximum absolute atomic E-state index is 12.1. The number of thiophene rings is 1. The van der Waals surface area contributed by atoms with Crippen molar-refractivity contribution in [3.8, 4) is 0 Å². The molecule has 0 bridgehead atoms. The number of hydrogen-bond donors (Lipinski definition) is 2. The molecule has 1 aromatic carbocycles. The van der Waals surface area contributed by atoms with Crippen LogP contribution >= 0.6 is 22.9 Å². The number of nitrogens with one attached hydrogen (secondary N) is 2. The topological polar surface area (TPSA) is 41.1 Å². The van der Waals surface area contributed by atoms with E-state index < -0.39 is 0 Å². The highest BCUT2D eigenvalue weighted by Gasteiger charge is 2.14. The monoisotopic (exact) mass is 336 g/mol.